The van der Waals surface area contributed by atoms with Crippen LogP contribution in [-0.2, 0) is 17.6 Å². The summed E-state index contributed by atoms with van der Waals surface area (Å²) in [5.41, 5.74) is 3.39. The van der Waals surface area contributed by atoms with Crippen LogP contribution in [0.15, 0.2) is 18.2 Å². The molecule has 0 unspecified atom stereocenters. The summed E-state index contributed by atoms with van der Waals surface area (Å²) in [5.74, 6) is -1.72. The van der Waals surface area contributed by atoms with E-state index in [-0.39, 0.29) is 17.6 Å². The molecule has 1 saturated heterocycles. The van der Waals surface area contributed by atoms with E-state index >= 15 is 0 Å². The second-order valence-corrected chi connectivity index (χ2v) is 7.40. The number of halogens is 1. The third kappa shape index (κ3) is 3.11. The number of carbonyl (C=O) groups is 2. The van der Waals surface area contributed by atoms with Gasteiger partial charge in [0.2, 0.25) is 0 Å². The molecule has 1 aromatic heterocycles. The van der Waals surface area contributed by atoms with Crippen LogP contribution in [0, 0.1) is 18.7 Å². The van der Waals surface area contributed by atoms with Gasteiger partial charge >= 0.3 is 5.97 Å². The van der Waals surface area contributed by atoms with Gasteiger partial charge in [0, 0.05) is 24.3 Å². The molecule has 7 heteroatoms. The van der Waals surface area contributed by atoms with Crippen molar-refractivity contribution in [3.63, 3.8) is 0 Å². The molecule has 0 atom stereocenters. The van der Waals surface area contributed by atoms with E-state index in [0.29, 0.717) is 37.3 Å². The number of aryl methyl sites for hydroxylation is 1. The van der Waals surface area contributed by atoms with Crippen LogP contribution >= 0.6 is 0 Å². The van der Waals surface area contributed by atoms with Gasteiger partial charge in [-0.05, 0) is 56.7 Å². The van der Waals surface area contributed by atoms with Gasteiger partial charge in [-0.2, -0.15) is 5.10 Å². The van der Waals surface area contributed by atoms with Gasteiger partial charge in [-0.3, -0.25) is 9.59 Å². The number of piperidine rings is 1. The Morgan fingerprint density at radius 3 is 2.63 bits per heavy atom. The lowest BCUT2D eigenvalue weighted by Gasteiger charge is -2.29. The fourth-order valence-corrected chi connectivity index (χ4v) is 4.07. The number of nitrogens with zero attached hydrogens (tertiary/aromatic N) is 3. The molecule has 0 radical (unpaired) electrons. The molecule has 1 aliphatic heterocycles. The highest BCUT2D eigenvalue weighted by molar-refractivity contribution is 5.94. The van der Waals surface area contributed by atoms with Crippen LogP contribution in [-0.4, -0.2) is 44.8 Å². The van der Waals surface area contributed by atoms with E-state index in [2.05, 4.69) is 5.10 Å². The van der Waals surface area contributed by atoms with E-state index in [9.17, 15) is 14.0 Å². The summed E-state index contributed by atoms with van der Waals surface area (Å²) in [6.45, 7) is 2.66. The van der Waals surface area contributed by atoms with E-state index in [1.54, 1.807) is 15.6 Å². The van der Waals surface area contributed by atoms with Gasteiger partial charge in [-0.15, -0.1) is 0 Å². The number of likely N-dealkylation sites (tertiary alicyclic amines) is 1. The fourth-order valence-electron chi connectivity index (χ4n) is 4.07. The molecule has 0 saturated carbocycles. The Labute approximate surface area is 156 Å². The second-order valence-electron chi connectivity index (χ2n) is 7.40. The normalized spacial score (nSPS) is 17.2. The van der Waals surface area contributed by atoms with Crippen molar-refractivity contribution in [1.82, 2.24) is 14.7 Å². The number of aromatic nitrogens is 2. The van der Waals surface area contributed by atoms with Crippen molar-refractivity contribution in [2.24, 2.45) is 5.92 Å². The number of aliphatic carboxylic acids is 1. The van der Waals surface area contributed by atoms with Crippen molar-refractivity contribution in [3.8, 4) is 5.69 Å². The highest BCUT2D eigenvalue weighted by atomic mass is 19.1. The summed E-state index contributed by atoms with van der Waals surface area (Å²) >= 11 is 0. The number of carboxylic acid groups (broad SMARTS) is 1. The maximum atomic E-state index is 14.5. The third-order valence-corrected chi connectivity index (χ3v) is 5.60. The van der Waals surface area contributed by atoms with Crippen LogP contribution in [0.5, 0.6) is 0 Å². The Morgan fingerprint density at radius 2 is 1.96 bits per heavy atom. The van der Waals surface area contributed by atoms with E-state index in [1.165, 1.54) is 6.07 Å². The molecule has 1 aliphatic carbocycles. The van der Waals surface area contributed by atoms with Crippen LogP contribution in [0.1, 0.15) is 46.6 Å². The first-order chi connectivity index (χ1) is 13.0. The molecular formula is C20H22FN3O3. The van der Waals surface area contributed by atoms with Gasteiger partial charge in [0.1, 0.15) is 11.5 Å². The SMILES string of the molecule is Cc1ccc(-n2nc(C(=O)N3CCC(C(=O)O)CC3)c3c2CCC3)c(F)c1. The third-order valence-electron chi connectivity index (χ3n) is 5.60. The first kappa shape index (κ1) is 17.7. The van der Waals surface area contributed by atoms with Gasteiger partial charge in [0.05, 0.1) is 5.92 Å². The average Bonchev–Trinajstić information content (AvgIpc) is 3.24. The Balaban J connectivity index is 1.65. The van der Waals surface area contributed by atoms with Crippen LogP contribution in [0.25, 0.3) is 5.69 Å². The molecule has 0 bridgehead atoms. The number of rotatable bonds is 3. The lowest BCUT2D eigenvalue weighted by Crippen LogP contribution is -2.40. The summed E-state index contributed by atoms with van der Waals surface area (Å²) in [4.78, 5) is 25.8. The summed E-state index contributed by atoms with van der Waals surface area (Å²) in [5, 5.41) is 13.6. The summed E-state index contributed by atoms with van der Waals surface area (Å²) < 4.78 is 16.1. The van der Waals surface area contributed by atoms with E-state index in [0.717, 1.165) is 36.1 Å². The van der Waals surface area contributed by atoms with Gasteiger partial charge in [-0.25, -0.2) is 9.07 Å². The minimum Gasteiger partial charge on any atom is -0.481 e. The Kier molecular flexibility index (Phi) is 4.45. The minimum absolute atomic E-state index is 0.178. The van der Waals surface area contributed by atoms with Crippen molar-refractivity contribution in [1.29, 1.82) is 0 Å². The predicted molar refractivity (Wildman–Crippen MR) is 96.5 cm³/mol. The summed E-state index contributed by atoms with van der Waals surface area (Å²) in [6, 6.07) is 5.00. The van der Waals surface area contributed by atoms with Crippen molar-refractivity contribution in [2.45, 2.75) is 39.0 Å². The quantitative estimate of drug-likeness (QED) is 0.900. The topological polar surface area (TPSA) is 75.4 Å². The highest BCUT2D eigenvalue weighted by Crippen LogP contribution is 2.30. The zero-order chi connectivity index (χ0) is 19.1. The van der Waals surface area contributed by atoms with Crippen LogP contribution < -0.4 is 0 Å². The fraction of sp³-hybridized carbons (Fsp3) is 0.450. The summed E-state index contributed by atoms with van der Waals surface area (Å²) in [6.07, 6.45) is 3.36. The molecule has 1 N–H and O–H groups in total. The maximum absolute atomic E-state index is 14.5. The molecule has 4 rings (SSSR count). The molecular weight excluding hydrogens is 349 g/mol. The number of hydrogen-bond acceptors (Lipinski definition) is 3. The van der Waals surface area contributed by atoms with Gasteiger partial charge < -0.3 is 10.0 Å². The van der Waals surface area contributed by atoms with Gasteiger partial charge in [0.15, 0.2) is 5.69 Å². The number of carbonyl (C=O) groups excluding carboxylic acids is 1. The first-order valence-corrected chi connectivity index (χ1v) is 9.35. The average molecular weight is 371 g/mol. The van der Waals surface area contributed by atoms with Crippen molar-refractivity contribution in [2.75, 3.05) is 13.1 Å². The molecule has 2 heterocycles. The molecule has 1 aromatic carbocycles. The lowest BCUT2D eigenvalue weighted by atomic mass is 9.97. The predicted octanol–water partition coefficient (Wildman–Crippen LogP) is 2.75. The first-order valence-electron chi connectivity index (χ1n) is 9.35. The van der Waals surface area contributed by atoms with Gasteiger partial charge in [0.25, 0.3) is 5.91 Å². The Hall–Kier alpha value is -2.70. The van der Waals surface area contributed by atoms with Crippen LogP contribution in [0.2, 0.25) is 0 Å². The van der Waals surface area contributed by atoms with E-state index in [4.69, 9.17) is 5.11 Å². The number of carboxylic acids is 1. The molecule has 0 spiro atoms. The zero-order valence-electron chi connectivity index (χ0n) is 15.2. The van der Waals surface area contributed by atoms with Crippen molar-refractivity contribution in [3.05, 3.63) is 46.5 Å². The standard InChI is InChI=1S/C20H22FN3O3/c1-12-5-6-17(15(21)11-12)24-16-4-2-3-14(16)18(22-24)19(25)23-9-7-13(8-10-23)20(26)27/h5-6,11,13H,2-4,7-10H2,1H3,(H,26,27). The second kappa shape index (κ2) is 6.79. The number of hydrogen-bond donors (Lipinski definition) is 1. The largest absolute Gasteiger partial charge is 0.481 e. The van der Waals surface area contributed by atoms with Crippen LogP contribution in [0.4, 0.5) is 4.39 Å². The molecule has 27 heavy (non-hydrogen) atoms. The van der Waals surface area contributed by atoms with Crippen LogP contribution in [0.3, 0.4) is 0 Å². The van der Waals surface area contributed by atoms with Crippen molar-refractivity contribution >= 4 is 11.9 Å². The Morgan fingerprint density at radius 1 is 1.22 bits per heavy atom. The summed E-state index contributed by atoms with van der Waals surface area (Å²) in [7, 11) is 0. The molecule has 2 aromatic rings. The monoisotopic (exact) mass is 371 g/mol. The van der Waals surface area contributed by atoms with Gasteiger partial charge in [-0.1, -0.05) is 6.07 Å². The van der Waals surface area contributed by atoms with E-state index in [1.807, 2.05) is 13.0 Å². The maximum Gasteiger partial charge on any atom is 0.306 e. The van der Waals surface area contributed by atoms with E-state index < -0.39 is 5.97 Å². The number of amides is 1. The zero-order valence-corrected chi connectivity index (χ0v) is 15.2. The number of fused-ring (bicyclic) bond motifs is 1. The molecule has 142 valence electrons. The smallest absolute Gasteiger partial charge is 0.306 e. The molecule has 1 fully saturated rings. The van der Waals surface area contributed by atoms with Crippen molar-refractivity contribution < 1.29 is 19.1 Å². The Bertz CT molecular complexity index is 913. The number of benzene rings is 1. The highest BCUT2D eigenvalue weighted by Gasteiger charge is 2.33. The molecule has 2 aliphatic rings. The minimum atomic E-state index is -0.804. The lowest BCUT2D eigenvalue weighted by molar-refractivity contribution is -0.143. The molecule has 1 amide bonds. The molecule has 6 nitrogen and oxygen atoms in total.